The summed E-state index contributed by atoms with van der Waals surface area (Å²) in [6.45, 7) is 0. The largest absolute Gasteiger partial charge is 0.370 e. The van der Waals surface area contributed by atoms with E-state index < -0.39 is 6.17 Å². The van der Waals surface area contributed by atoms with Crippen LogP contribution in [0.3, 0.4) is 0 Å². The minimum Gasteiger partial charge on any atom is -0.370 e. The Bertz CT molecular complexity index is 106. The first kappa shape index (κ1) is 6.90. The number of guanidine groups is 1. The van der Waals surface area contributed by atoms with Crippen LogP contribution in [0.2, 0.25) is 0 Å². The zero-order valence-electron chi connectivity index (χ0n) is 4.24. The van der Waals surface area contributed by atoms with Crippen LogP contribution >= 0.6 is 0 Å². The highest BCUT2D eigenvalue weighted by atomic mass is 16.1. The minimum absolute atomic E-state index is 0.176. The zero-order chi connectivity index (χ0) is 6.57. The molecule has 0 heterocycles. The molecule has 46 valence electrons. The third-order valence-electron chi connectivity index (χ3n) is 0.438. The molecule has 0 bridgehead atoms. The highest BCUT2D eigenvalue weighted by molar-refractivity contribution is 5.77. The summed E-state index contributed by atoms with van der Waals surface area (Å²) in [5.74, 6) is -0.176. The number of carbonyl (C=O) groups is 1. The van der Waals surface area contributed by atoms with Crippen molar-refractivity contribution in [2.45, 2.75) is 6.17 Å². The fourth-order valence-corrected chi connectivity index (χ4v) is 0.203. The Balaban J connectivity index is 3.68. The number of nitrogens with two attached hydrogens (primary N) is 3. The summed E-state index contributed by atoms with van der Waals surface area (Å²) in [7, 11) is 0. The van der Waals surface area contributed by atoms with Gasteiger partial charge in [0.05, 0.1) is 0 Å². The Kier molecular flexibility index (Phi) is 2.57. The van der Waals surface area contributed by atoms with Gasteiger partial charge in [-0.15, -0.1) is 0 Å². The number of nitrogens with zero attached hydrogens (tertiary/aromatic N) is 1. The van der Waals surface area contributed by atoms with Gasteiger partial charge in [-0.05, 0) is 0 Å². The van der Waals surface area contributed by atoms with Crippen molar-refractivity contribution in [3.8, 4) is 0 Å². The normalized spacial score (nSPS) is 12.1. The van der Waals surface area contributed by atoms with Crippen molar-refractivity contribution in [3.63, 3.8) is 0 Å². The van der Waals surface area contributed by atoms with Gasteiger partial charge >= 0.3 is 0 Å². The van der Waals surface area contributed by atoms with Crippen molar-refractivity contribution in [3.05, 3.63) is 0 Å². The molecular weight excluding hydrogens is 108 g/mol. The zero-order valence-corrected chi connectivity index (χ0v) is 4.24. The van der Waals surface area contributed by atoms with Gasteiger partial charge in [0.1, 0.15) is 0 Å². The van der Waals surface area contributed by atoms with Crippen LogP contribution in [-0.2, 0) is 4.79 Å². The number of rotatable bonds is 2. The summed E-state index contributed by atoms with van der Waals surface area (Å²) in [5, 5.41) is 0. The molecule has 5 nitrogen and oxygen atoms in total. The second-order valence-corrected chi connectivity index (χ2v) is 1.18. The van der Waals surface area contributed by atoms with Crippen LogP contribution in [0.25, 0.3) is 0 Å². The van der Waals surface area contributed by atoms with Crippen LogP contribution in [0.5, 0.6) is 0 Å². The summed E-state index contributed by atoms with van der Waals surface area (Å²) in [4.78, 5) is 13.0. The molecule has 1 atom stereocenters. The van der Waals surface area contributed by atoms with Gasteiger partial charge in [0.25, 0.3) is 0 Å². The van der Waals surface area contributed by atoms with Crippen LogP contribution in [0.15, 0.2) is 4.99 Å². The van der Waals surface area contributed by atoms with Gasteiger partial charge in [-0.1, -0.05) is 0 Å². The van der Waals surface area contributed by atoms with Crippen LogP contribution in [0.4, 0.5) is 0 Å². The predicted molar refractivity (Wildman–Crippen MR) is 29.8 cm³/mol. The van der Waals surface area contributed by atoms with Crippen molar-refractivity contribution in [2.24, 2.45) is 22.2 Å². The monoisotopic (exact) mass is 116 g/mol. The third-order valence-corrected chi connectivity index (χ3v) is 0.438. The number of aldehydes is 1. The van der Waals surface area contributed by atoms with Crippen LogP contribution in [0, 0.1) is 0 Å². The molecule has 1 unspecified atom stereocenters. The summed E-state index contributed by atoms with van der Waals surface area (Å²) in [6.07, 6.45) is -0.473. The Morgan fingerprint density at radius 2 is 2.12 bits per heavy atom. The Morgan fingerprint density at radius 1 is 1.62 bits per heavy atom. The molecular formula is C3H8N4O. The van der Waals surface area contributed by atoms with Gasteiger partial charge in [-0.2, -0.15) is 0 Å². The van der Waals surface area contributed by atoms with E-state index in [0.29, 0.717) is 6.29 Å². The average molecular weight is 116 g/mol. The van der Waals surface area contributed by atoms with E-state index in [-0.39, 0.29) is 5.96 Å². The predicted octanol–water partition coefficient (Wildman–Crippen LogP) is -2.26. The van der Waals surface area contributed by atoms with Crippen molar-refractivity contribution in [1.82, 2.24) is 0 Å². The topological polar surface area (TPSA) is 107 Å². The van der Waals surface area contributed by atoms with Gasteiger partial charge in [-0.3, -0.25) is 4.79 Å². The number of carbonyl (C=O) groups excluding carboxylic acids is 1. The molecule has 6 N–H and O–H groups in total. The number of hydrogen-bond donors (Lipinski definition) is 3. The minimum atomic E-state index is -0.917. The molecule has 0 saturated heterocycles. The van der Waals surface area contributed by atoms with Crippen LogP contribution in [-0.4, -0.2) is 18.4 Å². The molecule has 0 aromatic heterocycles. The molecule has 0 fully saturated rings. The molecule has 5 heteroatoms. The SMILES string of the molecule is NC(N)=NC(N)C=O. The molecule has 0 rings (SSSR count). The smallest absolute Gasteiger partial charge is 0.187 e. The summed E-state index contributed by atoms with van der Waals surface area (Å²) < 4.78 is 0. The molecule has 0 aliphatic heterocycles. The highest BCUT2D eigenvalue weighted by Gasteiger charge is 1.91. The van der Waals surface area contributed by atoms with E-state index in [1.807, 2.05) is 0 Å². The van der Waals surface area contributed by atoms with Crippen molar-refractivity contribution in [2.75, 3.05) is 0 Å². The Morgan fingerprint density at radius 3 is 2.25 bits per heavy atom. The summed E-state index contributed by atoms with van der Waals surface area (Å²) in [6, 6.07) is 0. The first-order valence-corrected chi connectivity index (χ1v) is 1.96. The molecule has 0 amide bonds. The van der Waals surface area contributed by atoms with Gasteiger partial charge in [0, 0.05) is 0 Å². The molecule has 0 aliphatic rings. The fraction of sp³-hybridized carbons (Fsp3) is 0.333. The van der Waals surface area contributed by atoms with E-state index >= 15 is 0 Å². The van der Waals surface area contributed by atoms with Crippen molar-refractivity contribution >= 4 is 12.2 Å². The standard InChI is InChI=1S/C3H8N4O/c4-2(1-8)7-3(5)6/h1-2H,4H2,(H4,5,6,7). The van der Waals surface area contributed by atoms with E-state index in [1.165, 1.54) is 0 Å². The average Bonchev–Trinajstić information content (AvgIpc) is 1.65. The molecule has 0 aromatic carbocycles. The van der Waals surface area contributed by atoms with E-state index in [2.05, 4.69) is 4.99 Å². The summed E-state index contributed by atoms with van der Waals surface area (Å²) in [5.41, 5.74) is 14.7. The fourth-order valence-electron chi connectivity index (χ4n) is 0.203. The highest BCUT2D eigenvalue weighted by Crippen LogP contribution is 1.68. The van der Waals surface area contributed by atoms with E-state index in [4.69, 9.17) is 17.2 Å². The molecule has 0 saturated carbocycles. The second kappa shape index (κ2) is 2.98. The maximum Gasteiger partial charge on any atom is 0.187 e. The first-order valence-electron chi connectivity index (χ1n) is 1.96. The molecule has 0 spiro atoms. The lowest BCUT2D eigenvalue weighted by atomic mass is 10.6. The van der Waals surface area contributed by atoms with E-state index in [9.17, 15) is 4.79 Å². The first-order chi connectivity index (χ1) is 3.66. The van der Waals surface area contributed by atoms with E-state index in [0.717, 1.165) is 0 Å². The lowest BCUT2D eigenvalue weighted by Gasteiger charge is -1.93. The third kappa shape index (κ3) is 3.10. The van der Waals surface area contributed by atoms with Gasteiger partial charge in [0.2, 0.25) is 0 Å². The van der Waals surface area contributed by atoms with Crippen LogP contribution < -0.4 is 17.2 Å². The van der Waals surface area contributed by atoms with Crippen LogP contribution in [0.1, 0.15) is 0 Å². The van der Waals surface area contributed by atoms with E-state index in [1.54, 1.807) is 0 Å². The maximum absolute atomic E-state index is 9.70. The molecule has 8 heavy (non-hydrogen) atoms. The lowest BCUT2D eigenvalue weighted by molar-refractivity contribution is -0.108. The maximum atomic E-state index is 9.70. The summed E-state index contributed by atoms with van der Waals surface area (Å²) >= 11 is 0. The van der Waals surface area contributed by atoms with Crippen molar-refractivity contribution < 1.29 is 4.79 Å². The van der Waals surface area contributed by atoms with Gasteiger partial charge < -0.3 is 17.2 Å². The van der Waals surface area contributed by atoms with Crippen molar-refractivity contribution in [1.29, 1.82) is 0 Å². The Labute approximate surface area is 46.5 Å². The lowest BCUT2D eigenvalue weighted by Crippen LogP contribution is -2.29. The quantitative estimate of drug-likeness (QED) is 0.215. The number of aliphatic imine (C=N–C) groups is 1. The molecule has 0 aliphatic carbocycles. The molecule has 0 aromatic rings. The number of hydrogen-bond acceptors (Lipinski definition) is 3. The van der Waals surface area contributed by atoms with Gasteiger partial charge in [0.15, 0.2) is 18.4 Å². The molecule has 0 radical (unpaired) electrons. The Hall–Kier alpha value is -1.10. The second-order valence-electron chi connectivity index (χ2n) is 1.18. The van der Waals surface area contributed by atoms with Gasteiger partial charge in [-0.25, -0.2) is 4.99 Å².